The van der Waals surface area contributed by atoms with E-state index >= 15 is 0 Å². The lowest BCUT2D eigenvalue weighted by Gasteiger charge is -2.37. The van der Waals surface area contributed by atoms with Gasteiger partial charge in [-0.25, -0.2) is 14.4 Å². The Hall–Kier alpha value is -2.50. The van der Waals surface area contributed by atoms with E-state index in [-0.39, 0.29) is 11.7 Å². The van der Waals surface area contributed by atoms with Crippen molar-refractivity contribution in [3.05, 3.63) is 52.7 Å². The van der Waals surface area contributed by atoms with Crippen molar-refractivity contribution in [2.45, 2.75) is 52.4 Å². The summed E-state index contributed by atoms with van der Waals surface area (Å²) in [5, 5.41) is 0. The number of rotatable bonds is 6. The molecule has 160 valence electrons. The molecule has 1 aliphatic carbocycles. The van der Waals surface area contributed by atoms with Crippen molar-refractivity contribution in [3.63, 3.8) is 0 Å². The highest BCUT2D eigenvalue weighted by Crippen LogP contribution is 2.39. The van der Waals surface area contributed by atoms with E-state index < -0.39 is 0 Å². The lowest BCUT2D eigenvalue weighted by molar-refractivity contribution is -0.132. The topological polar surface area (TPSA) is 49.3 Å². The summed E-state index contributed by atoms with van der Waals surface area (Å²) in [6.07, 6.45) is 3.36. The molecule has 0 radical (unpaired) electrons. The number of carbonyl (C=O) groups excluding carboxylic acids is 1. The molecule has 1 aromatic carbocycles. The standard InChI is InChI=1S/C24H31FN4O/c1-16(2)14-22(30)28-10-12-29(13-11-28)24-20(15-19-6-4-5-7-21(19)25)17(3)26-23(27-24)18-8-9-18/h4-7,16,18H,8-15H2,1-3H3. The average molecular weight is 411 g/mol. The molecular weight excluding hydrogens is 379 g/mol. The van der Waals surface area contributed by atoms with Gasteiger partial charge in [0, 0.05) is 56.2 Å². The van der Waals surface area contributed by atoms with E-state index in [2.05, 4.69) is 18.7 Å². The minimum atomic E-state index is -0.196. The fourth-order valence-electron chi connectivity index (χ4n) is 4.07. The summed E-state index contributed by atoms with van der Waals surface area (Å²) in [6.45, 7) is 9.05. The molecule has 1 saturated heterocycles. The Morgan fingerprint density at radius 1 is 1.13 bits per heavy atom. The van der Waals surface area contributed by atoms with Crippen molar-refractivity contribution in [2.75, 3.05) is 31.1 Å². The molecular formula is C24H31FN4O. The van der Waals surface area contributed by atoms with Gasteiger partial charge in [-0.2, -0.15) is 0 Å². The lowest BCUT2D eigenvalue weighted by atomic mass is 10.0. The van der Waals surface area contributed by atoms with E-state index in [9.17, 15) is 9.18 Å². The highest BCUT2D eigenvalue weighted by Gasteiger charge is 2.30. The van der Waals surface area contributed by atoms with Crippen LogP contribution in [0.3, 0.4) is 0 Å². The van der Waals surface area contributed by atoms with Crippen LogP contribution in [-0.4, -0.2) is 47.0 Å². The summed E-state index contributed by atoms with van der Waals surface area (Å²) in [6, 6.07) is 6.91. The van der Waals surface area contributed by atoms with Gasteiger partial charge in [0.25, 0.3) is 0 Å². The van der Waals surface area contributed by atoms with Crippen LogP contribution in [0.4, 0.5) is 10.2 Å². The lowest BCUT2D eigenvalue weighted by Crippen LogP contribution is -2.49. The van der Waals surface area contributed by atoms with Crippen LogP contribution in [0, 0.1) is 18.7 Å². The van der Waals surface area contributed by atoms with Crippen molar-refractivity contribution < 1.29 is 9.18 Å². The van der Waals surface area contributed by atoms with Crippen LogP contribution < -0.4 is 4.90 Å². The van der Waals surface area contributed by atoms with E-state index in [1.165, 1.54) is 6.07 Å². The molecule has 1 aromatic heterocycles. The summed E-state index contributed by atoms with van der Waals surface area (Å²) in [5.74, 6) is 2.70. The van der Waals surface area contributed by atoms with E-state index in [1.807, 2.05) is 24.0 Å². The molecule has 0 bridgehead atoms. The van der Waals surface area contributed by atoms with E-state index in [0.29, 0.717) is 43.3 Å². The molecule has 5 nitrogen and oxygen atoms in total. The third-order valence-corrected chi connectivity index (χ3v) is 5.99. The Kier molecular flexibility index (Phi) is 6.02. The van der Waals surface area contributed by atoms with Crippen molar-refractivity contribution in [1.29, 1.82) is 0 Å². The second kappa shape index (κ2) is 8.70. The van der Waals surface area contributed by atoms with Crippen molar-refractivity contribution in [1.82, 2.24) is 14.9 Å². The van der Waals surface area contributed by atoms with Crippen LogP contribution in [-0.2, 0) is 11.2 Å². The van der Waals surface area contributed by atoms with Gasteiger partial charge in [-0.15, -0.1) is 0 Å². The van der Waals surface area contributed by atoms with Gasteiger partial charge in [-0.05, 0) is 37.3 Å². The Balaban J connectivity index is 1.58. The fraction of sp³-hybridized carbons (Fsp3) is 0.542. The first-order valence-electron chi connectivity index (χ1n) is 11.1. The molecule has 2 aliphatic rings. The second-order valence-corrected chi connectivity index (χ2v) is 8.98. The highest BCUT2D eigenvalue weighted by molar-refractivity contribution is 5.76. The predicted octanol–water partition coefficient (Wildman–Crippen LogP) is 4.09. The Labute approximate surface area is 178 Å². The Morgan fingerprint density at radius 2 is 1.83 bits per heavy atom. The summed E-state index contributed by atoms with van der Waals surface area (Å²) < 4.78 is 14.3. The van der Waals surface area contributed by atoms with Crippen molar-refractivity contribution in [3.8, 4) is 0 Å². The molecule has 1 aliphatic heterocycles. The largest absolute Gasteiger partial charge is 0.353 e. The number of amides is 1. The van der Waals surface area contributed by atoms with Gasteiger partial charge in [-0.1, -0.05) is 32.0 Å². The molecule has 0 spiro atoms. The molecule has 4 rings (SSSR count). The van der Waals surface area contributed by atoms with Crippen LogP contribution in [0.15, 0.2) is 24.3 Å². The SMILES string of the molecule is Cc1nc(C2CC2)nc(N2CCN(C(=O)CC(C)C)CC2)c1Cc1ccccc1F. The predicted molar refractivity (Wildman–Crippen MR) is 116 cm³/mol. The number of aryl methyl sites for hydroxylation is 1. The van der Waals surface area contributed by atoms with Gasteiger partial charge in [0.15, 0.2) is 0 Å². The molecule has 30 heavy (non-hydrogen) atoms. The molecule has 2 fully saturated rings. The molecule has 2 aromatic rings. The molecule has 6 heteroatoms. The quantitative estimate of drug-likeness (QED) is 0.720. The van der Waals surface area contributed by atoms with Gasteiger partial charge >= 0.3 is 0 Å². The summed E-state index contributed by atoms with van der Waals surface area (Å²) in [7, 11) is 0. The summed E-state index contributed by atoms with van der Waals surface area (Å²) in [5.41, 5.74) is 2.59. The number of carbonyl (C=O) groups is 1. The minimum absolute atomic E-state index is 0.196. The van der Waals surface area contributed by atoms with Gasteiger partial charge in [-0.3, -0.25) is 4.79 Å². The zero-order valence-electron chi connectivity index (χ0n) is 18.2. The number of hydrogen-bond donors (Lipinski definition) is 0. The Bertz CT molecular complexity index is 917. The molecule has 1 saturated carbocycles. The number of aromatic nitrogens is 2. The molecule has 2 heterocycles. The van der Waals surface area contributed by atoms with Crippen LogP contribution in [0.25, 0.3) is 0 Å². The van der Waals surface area contributed by atoms with Gasteiger partial charge in [0.2, 0.25) is 5.91 Å². The number of piperazine rings is 1. The third-order valence-electron chi connectivity index (χ3n) is 5.99. The van der Waals surface area contributed by atoms with Crippen LogP contribution in [0.2, 0.25) is 0 Å². The molecule has 0 atom stereocenters. The minimum Gasteiger partial charge on any atom is -0.353 e. The van der Waals surface area contributed by atoms with Crippen molar-refractivity contribution >= 4 is 11.7 Å². The van der Waals surface area contributed by atoms with E-state index in [4.69, 9.17) is 9.97 Å². The maximum absolute atomic E-state index is 14.3. The molecule has 0 N–H and O–H groups in total. The maximum atomic E-state index is 14.3. The molecule has 1 amide bonds. The van der Waals surface area contributed by atoms with Crippen LogP contribution in [0.5, 0.6) is 0 Å². The maximum Gasteiger partial charge on any atom is 0.222 e. The van der Waals surface area contributed by atoms with Gasteiger partial charge < -0.3 is 9.80 Å². The average Bonchev–Trinajstić information content (AvgIpc) is 3.56. The van der Waals surface area contributed by atoms with Gasteiger partial charge in [0.1, 0.15) is 17.5 Å². The second-order valence-electron chi connectivity index (χ2n) is 8.98. The van der Waals surface area contributed by atoms with E-state index in [0.717, 1.165) is 48.8 Å². The van der Waals surface area contributed by atoms with Gasteiger partial charge in [0.05, 0.1) is 0 Å². The summed E-state index contributed by atoms with van der Waals surface area (Å²) >= 11 is 0. The zero-order valence-corrected chi connectivity index (χ0v) is 18.2. The third kappa shape index (κ3) is 4.63. The fourth-order valence-corrected chi connectivity index (χ4v) is 4.07. The number of nitrogens with zero attached hydrogens (tertiary/aromatic N) is 4. The number of hydrogen-bond acceptors (Lipinski definition) is 4. The monoisotopic (exact) mass is 410 g/mol. The van der Waals surface area contributed by atoms with Crippen molar-refractivity contribution in [2.24, 2.45) is 5.92 Å². The Morgan fingerprint density at radius 3 is 2.47 bits per heavy atom. The molecule has 0 unspecified atom stereocenters. The smallest absolute Gasteiger partial charge is 0.222 e. The zero-order chi connectivity index (χ0) is 21.3. The summed E-state index contributed by atoms with van der Waals surface area (Å²) in [4.78, 5) is 26.4. The van der Waals surface area contributed by atoms with E-state index in [1.54, 1.807) is 6.07 Å². The highest BCUT2D eigenvalue weighted by atomic mass is 19.1. The van der Waals surface area contributed by atoms with Crippen LogP contribution >= 0.6 is 0 Å². The first-order valence-corrected chi connectivity index (χ1v) is 11.1. The van der Waals surface area contributed by atoms with Crippen LogP contribution in [0.1, 0.15) is 61.7 Å². The number of anilines is 1. The first kappa shape index (κ1) is 20.8. The normalized spacial score (nSPS) is 17.0. The number of halogens is 1. The first-order chi connectivity index (χ1) is 14.4. The number of benzene rings is 1.